The van der Waals surface area contributed by atoms with Gasteiger partial charge >= 0.3 is 12.1 Å². The van der Waals surface area contributed by atoms with E-state index in [9.17, 15) is 27.2 Å². The van der Waals surface area contributed by atoms with Crippen molar-refractivity contribution >= 4 is 29.1 Å². The number of fused-ring (bicyclic) bond motifs is 1. The Bertz CT molecular complexity index is 1780. The maximum atomic E-state index is 15.4. The number of halogens is 6. The van der Waals surface area contributed by atoms with Crippen LogP contribution in [0.2, 0.25) is 5.02 Å². The van der Waals surface area contributed by atoms with Gasteiger partial charge in [0.15, 0.2) is 23.0 Å². The third-order valence-electron chi connectivity index (χ3n) is 7.23. The number of alkyl halides is 3. The molecule has 0 saturated carbocycles. The molecular weight excluding hydrogens is 589 g/mol. The van der Waals surface area contributed by atoms with Gasteiger partial charge in [-0.2, -0.15) is 13.2 Å². The first-order chi connectivity index (χ1) is 19.9. The van der Waals surface area contributed by atoms with Crippen molar-refractivity contribution in [3.63, 3.8) is 0 Å². The molecule has 1 aromatic carbocycles. The number of carbonyl (C=O) groups is 2. The Labute approximate surface area is 237 Å². The van der Waals surface area contributed by atoms with Crippen molar-refractivity contribution in [1.82, 2.24) is 34.8 Å². The molecule has 0 bridgehead atoms. The van der Waals surface area contributed by atoms with E-state index in [4.69, 9.17) is 16.7 Å². The van der Waals surface area contributed by atoms with Crippen LogP contribution in [0.1, 0.15) is 52.9 Å². The van der Waals surface area contributed by atoms with E-state index in [1.54, 1.807) is 4.90 Å². The van der Waals surface area contributed by atoms with E-state index in [0.29, 0.717) is 24.9 Å². The molecule has 1 amide bonds. The van der Waals surface area contributed by atoms with Gasteiger partial charge in [0.05, 0.1) is 34.8 Å². The number of imidazole rings is 1. The molecule has 1 saturated heterocycles. The fraction of sp³-hybridized carbons (Fsp3) is 0.231. The molecule has 1 fully saturated rings. The Balaban J connectivity index is 1.33. The van der Waals surface area contributed by atoms with Crippen LogP contribution < -0.4 is 0 Å². The molecule has 216 valence electrons. The van der Waals surface area contributed by atoms with Crippen molar-refractivity contribution in [2.45, 2.75) is 37.5 Å². The molecule has 2 N–H and O–H groups in total. The van der Waals surface area contributed by atoms with Gasteiger partial charge in [-0.05, 0) is 43.0 Å². The Morgan fingerprint density at radius 2 is 1.90 bits per heavy atom. The third-order valence-corrected chi connectivity index (χ3v) is 7.52. The van der Waals surface area contributed by atoms with E-state index in [1.165, 1.54) is 30.5 Å². The van der Waals surface area contributed by atoms with E-state index < -0.39 is 53.2 Å². The summed E-state index contributed by atoms with van der Waals surface area (Å²) in [6, 6.07) is 2.80. The number of benzene rings is 1. The van der Waals surface area contributed by atoms with Gasteiger partial charge in [-0.15, -0.1) is 5.10 Å². The Hall–Kier alpha value is -4.66. The number of aromatic nitrogens is 6. The predicted octanol–water partition coefficient (Wildman–Crippen LogP) is 5.22. The first-order valence-electron chi connectivity index (χ1n) is 12.4. The maximum absolute atomic E-state index is 15.4. The molecule has 16 heteroatoms. The molecule has 2 atom stereocenters. The van der Waals surface area contributed by atoms with E-state index >= 15 is 4.39 Å². The van der Waals surface area contributed by atoms with Crippen molar-refractivity contribution in [3.05, 3.63) is 82.3 Å². The van der Waals surface area contributed by atoms with Gasteiger partial charge in [0.25, 0.3) is 0 Å². The summed E-state index contributed by atoms with van der Waals surface area (Å²) in [5.74, 6) is -3.65. The van der Waals surface area contributed by atoms with Gasteiger partial charge < -0.3 is 15.0 Å². The molecular formula is C26H17ClF5N7O3. The van der Waals surface area contributed by atoms with Crippen molar-refractivity contribution in [1.29, 1.82) is 0 Å². The lowest BCUT2D eigenvalue weighted by atomic mass is 9.92. The van der Waals surface area contributed by atoms with E-state index in [1.807, 2.05) is 0 Å². The number of aromatic amines is 1. The Kier molecular flexibility index (Phi) is 6.55. The van der Waals surface area contributed by atoms with Crippen LogP contribution in [0.15, 0.2) is 42.9 Å². The molecule has 5 heterocycles. The number of nitrogens with zero attached hydrogens (tertiary/aromatic N) is 6. The van der Waals surface area contributed by atoms with Gasteiger partial charge in [-0.25, -0.2) is 28.2 Å². The first-order valence-corrected chi connectivity index (χ1v) is 12.8. The minimum atomic E-state index is -4.77. The number of aromatic carboxylic acids is 1. The summed E-state index contributed by atoms with van der Waals surface area (Å²) in [6.45, 7) is 0. The highest BCUT2D eigenvalue weighted by Crippen LogP contribution is 2.44. The summed E-state index contributed by atoms with van der Waals surface area (Å²) in [6.07, 6.45) is 0.611. The lowest BCUT2D eigenvalue weighted by Gasteiger charge is -2.33. The minimum absolute atomic E-state index is 0.0615. The van der Waals surface area contributed by atoms with Crippen molar-refractivity contribution < 1.29 is 36.6 Å². The number of amides is 1. The van der Waals surface area contributed by atoms with Crippen LogP contribution in [-0.2, 0) is 11.0 Å². The zero-order valence-electron chi connectivity index (χ0n) is 21.0. The van der Waals surface area contributed by atoms with Gasteiger partial charge in [-0.3, -0.25) is 4.79 Å². The van der Waals surface area contributed by atoms with Crippen LogP contribution >= 0.6 is 11.6 Å². The van der Waals surface area contributed by atoms with E-state index in [-0.39, 0.29) is 39.5 Å². The number of pyridine rings is 1. The average molecular weight is 606 g/mol. The molecule has 2 aliphatic rings. The number of hydrogen-bond acceptors (Lipinski definition) is 6. The second-order valence-corrected chi connectivity index (χ2v) is 10.1. The Morgan fingerprint density at radius 1 is 1.12 bits per heavy atom. The molecule has 4 aromatic rings. The molecule has 6 rings (SSSR count). The Morgan fingerprint density at radius 3 is 2.62 bits per heavy atom. The standard InChI is InChI=1S/C26H17ClF5N7O3/c27-14-2-4-16(38-10-18(36-37-38)26(30,31)32)20(22(14)29)11-7-12-1-3-17(39(12)19(40)8-11)24-34-9-15(35-24)13-5-6-33-23(21(13)28)25(41)42/h2,4-6,8-10,12,17H,1,3,7H2,(H,34,35)(H,41,42)/t12-,17+/m1/s1. The van der Waals surface area contributed by atoms with Crippen molar-refractivity contribution in [3.8, 4) is 16.9 Å². The zero-order valence-corrected chi connectivity index (χ0v) is 21.8. The predicted molar refractivity (Wildman–Crippen MR) is 135 cm³/mol. The average Bonchev–Trinajstić information content (AvgIpc) is 3.69. The zero-order chi connectivity index (χ0) is 29.9. The summed E-state index contributed by atoms with van der Waals surface area (Å²) in [5, 5.41) is 15.5. The second-order valence-electron chi connectivity index (χ2n) is 9.68. The highest BCUT2D eigenvalue weighted by molar-refractivity contribution is 6.31. The molecule has 2 aliphatic heterocycles. The number of nitrogens with one attached hydrogen (secondary N) is 1. The van der Waals surface area contributed by atoms with Crippen LogP contribution in [0.4, 0.5) is 22.0 Å². The number of carboxylic acid groups (broad SMARTS) is 1. The highest BCUT2D eigenvalue weighted by Gasteiger charge is 2.42. The van der Waals surface area contributed by atoms with Crippen molar-refractivity contribution in [2.24, 2.45) is 0 Å². The molecule has 42 heavy (non-hydrogen) atoms. The number of rotatable bonds is 5. The lowest BCUT2D eigenvalue weighted by Crippen LogP contribution is -2.39. The lowest BCUT2D eigenvalue weighted by molar-refractivity contribution is -0.141. The van der Waals surface area contributed by atoms with Gasteiger partial charge in [-0.1, -0.05) is 16.8 Å². The second kappa shape index (κ2) is 10.0. The van der Waals surface area contributed by atoms with Crippen LogP contribution in [0.25, 0.3) is 22.5 Å². The van der Waals surface area contributed by atoms with E-state index in [2.05, 4.69) is 25.3 Å². The topological polar surface area (TPSA) is 130 Å². The van der Waals surface area contributed by atoms with Crippen LogP contribution in [0.3, 0.4) is 0 Å². The van der Waals surface area contributed by atoms with Crippen LogP contribution in [0, 0.1) is 11.6 Å². The van der Waals surface area contributed by atoms with E-state index in [0.717, 1.165) is 10.9 Å². The summed E-state index contributed by atoms with van der Waals surface area (Å²) < 4.78 is 70.3. The fourth-order valence-corrected chi connectivity index (χ4v) is 5.55. The molecule has 0 radical (unpaired) electrons. The number of carboxylic acids is 1. The molecule has 0 unspecified atom stereocenters. The summed E-state index contributed by atoms with van der Waals surface area (Å²) in [5.41, 5.74) is -1.91. The largest absolute Gasteiger partial charge is 0.476 e. The third kappa shape index (κ3) is 4.58. The quantitative estimate of drug-likeness (QED) is 0.298. The normalized spacial score (nSPS) is 18.8. The van der Waals surface area contributed by atoms with Gasteiger partial charge in [0, 0.05) is 29.4 Å². The first kappa shape index (κ1) is 27.5. The smallest absolute Gasteiger partial charge is 0.436 e. The monoisotopic (exact) mass is 605 g/mol. The van der Waals surface area contributed by atoms with Gasteiger partial charge in [0.2, 0.25) is 5.91 Å². The molecule has 0 aliphatic carbocycles. The SMILES string of the molecule is O=C(O)c1nccc(-c2cnc([C@@H]3CC[C@@H]4CC(c5c(-n6cc(C(F)(F)F)nn6)ccc(Cl)c5F)=CC(=O)N43)[nH]2)c1F. The molecule has 3 aromatic heterocycles. The molecule has 10 nitrogen and oxygen atoms in total. The number of hydrogen-bond donors (Lipinski definition) is 2. The van der Waals surface area contributed by atoms with Crippen LogP contribution in [-0.4, -0.2) is 57.9 Å². The van der Waals surface area contributed by atoms with Gasteiger partial charge in [0.1, 0.15) is 5.82 Å². The molecule has 0 spiro atoms. The fourth-order valence-electron chi connectivity index (χ4n) is 5.39. The number of H-pyrrole nitrogens is 1. The number of carbonyl (C=O) groups excluding carboxylic acids is 1. The summed E-state index contributed by atoms with van der Waals surface area (Å²) >= 11 is 6.01. The summed E-state index contributed by atoms with van der Waals surface area (Å²) in [7, 11) is 0. The van der Waals surface area contributed by atoms with Crippen molar-refractivity contribution in [2.75, 3.05) is 0 Å². The maximum Gasteiger partial charge on any atom is 0.436 e. The summed E-state index contributed by atoms with van der Waals surface area (Å²) in [4.78, 5) is 37.0. The van der Waals surface area contributed by atoms with Crippen LogP contribution in [0.5, 0.6) is 0 Å². The highest BCUT2D eigenvalue weighted by atomic mass is 35.5. The minimum Gasteiger partial charge on any atom is -0.476 e.